The first-order valence-corrected chi connectivity index (χ1v) is 6.36. The first-order chi connectivity index (χ1) is 7.63. The van der Waals surface area contributed by atoms with Crippen LogP contribution in [0.3, 0.4) is 0 Å². The predicted octanol–water partition coefficient (Wildman–Crippen LogP) is 5.16. The lowest BCUT2D eigenvalue weighted by Gasteiger charge is -2.27. The SMILES string of the molecule is CC(Br)CC(C)(C)c1ccc(C(F)(F)F)cc1. The fourth-order valence-electron chi connectivity index (χ4n) is 1.93. The number of halogens is 4. The van der Waals surface area contributed by atoms with Gasteiger partial charge in [0.1, 0.15) is 0 Å². The maximum absolute atomic E-state index is 12.4. The molecule has 0 aliphatic carbocycles. The van der Waals surface area contributed by atoms with E-state index in [1.165, 1.54) is 0 Å². The van der Waals surface area contributed by atoms with Crippen LogP contribution >= 0.6 is 15.9 Å². The summed E-state index contributed by atoms with van der Waals surface area (Å²) in [5.74, 6) is 0. The number of benzene rings is 1. The van der Waals surface area contributed by atoms with Gasteiger partial charge in [-0.25, -0.2) is 0 Å². The molecule has 0 aliphatic rings. The highest BCUT2D eigenvalue weighted by Gasteiger charge is 2.31. The largest absolute Gasteiger partial charge is 0.416 e. The van der Waals surface area contributed by atoms with Gasteiger partial charge in [0.05, 0.1) is 5.56 Å². The maximum Gasteiger partial charge on any atom is 0.416 e. The molecule has 0 bridgehead atoms. The van der Waals surface area contributed by atoms with Crippen LogP contribution in [-0.4, -0.2) is 4.83 Å². The zero-order chi connectivity index (χ0) is 13.3. The van der Waals surface area contributed by atoms with Gasteiger partial charge in [0, 0.05) is 4.83 Å². The van der Waals surface area contributed by atoms with Crippen molar-refractivity contribution < 1.29 is 13.2 Å². The summed E-state index contributed by atoms with van der Waals surface area (Å²) in [6, 6.07) is 5.43. The molecule has 1 aromatic carbocycles. The molecule has 1 rings (SSSR count). The van der Waals surface area contributed by atoms with Crippen LogP contribution < -0.4 is 0 Å². The second-order valence-electron chi connectivity index (χ2n) is 4.94. The topological polar surface area (TPSA) is 0 Å². The molecule has 1 aromatic rings. The van der Waals surface area contributed by atoms with E-state index in [0.29, 0.717) is 4.83 Å². The average molecular weight is 309 g/mol. The van der Waals surface area contributed by atoms with Crippen LogP contribution in [0.4, 0.5) is 13.2 Å². The normalized spacial score (nSPS) is 14.8. The molecule has 0 radical (unpaired) electrons. The van der Waals surface area contributed by atoms with Crippen molar-refractivity contribution in [2.45, 2.75) is 43.6 Å². The molecular weight excluding hydrogens is 293 g/mol. The van der Waals surface area contributed by atoms with Crippen molar-refractivity contribution in [1.82, 2.24) is 0 Å². The molecular formula is C13H16BrF3. The molecule has 17 heavy (non-hydrogen) atoms. The van der Waals surface area contributed by atoms with Crippen LogP contribution in [-0.2, 0) is 11.6 Å². The fourth-order valence-corrected chi connectivity index (χ4v) is 2.74. The minimum absolute atomic E-state index is 0.132. The Labute approximate surface area is 108 Å². The summed E-state index contributed by atoms with van der Waals surface area (Å²) in [7, 11) is 0. The summed E-state index contributed by atoms with van der Waals surface area (Å²) in [6.45, 7) is 6.10. The highest BCUT2D eigenvalue weighted by atomic mass is 79.9. The molecule has 0 heterocycles. The molecule has 1 unspecified atom stereocenters. The summed E-state index contributed by atoms with van der Waals surface area (Å²) >= 11 is 3.47. The van der Waals surface area contributed by atoms with Crippen molar-refractivity contribution in [3.05, 3.63) is 35.4 Å². The van der Waals surface area contributed by atoms with Crippen LogP contribution in [0.5, 0.6) is 0 Å². The van der Waals surface area contributed by atoms with Gasteiger partial charge in [-0.1, -0.05) is 48.8 Å². The molecule has 0 nitrogen and oxygen atoms in total. The van der Waals surface area contributed by atoms with Gasteiger partial charge in [0.15, 0.2) is 0 Å². The summed E-state index contributed by atoms with van der Waals surface area (Å²) in [5.41, 5.74) is 0.202. The van der Waals surface area contributed by atoms with E-state index in [0.717, 1.165) is 24.1 Å². The van der Waals surface area contributed by atoms with E-state index in [2.05, 4.69) is 15.9 Å². The fraction of sp³-hybridized carbons (Fsp3) is 0.538. The Morgan fingerprint density at radius 3 is 1.82 bits per heavy atom. The van der Waals surface area contributed by atoms with Crippen LogP contribution in [0.1, 0.15) is 38.3 Å². The number of hydrogen-bond acceptors (Lipinski definition) is 0. The Hall–Kier alpha value is -0.510. The molecule has 0 saturated heterocycles. The van der Waals surface area contributed by atoms with Gasteiger partial charge < -0.3 is 0 Å². The Kier molecular flexibility index (Phi) is 4.28. The third kappa shape index (κ3) is 4.02. The van der Waals surface area contributed by atoms with E-state index in [1.54, 1.807) is 12.1 Å². The first kappa shape index (κ1) is 14.6. The highest BCUT2D eigenvalue weighted by molar-refractivity contribution is 9.09. The van der Waals surface area contributed by atoms with Gasteiger partial charge >= 0.3 is 6.18 Å². The first-order valence-electron chi connectivity index (χ1n) is 5.45. The second-order valence-corrected chi connectivity index (χ2v) is 6.51. The summed E-state index contributed by atoms with van der Waals surface area (Å²) in [6.07, 6.45) is -3.39. The maximum atomic E-state index is 12.4. The molecule has 4 heteroatoms. The lowest BCUT2D eigenvalue weighted by molar-refractivity contribution is -0.137. The molecule has 0 amide bonds. The quantitative estimate of drug-likeness (QED) is 0.677. The van der Waals surface area contributed by atoms with Crippen molar-refractivity contribution in [1.29, 1.82) is 0 Å². The van der Waals surface area contributed by atoms with E-state index in [4.69, 9.17) is 0 Å². The minimum atomic E-state index is -4.26. The van der Waals surface area contributed by atoms with Crippen LogP contribution in [0, 0.1) is 0 Å². The third-order valence-corrected chi connectivity index (χ3v) is 3.11. The molecule has 0 spiro atoms. The predicted molar refractivity (Wildman–Crippen MR) is 67.5 cm³/mol. The van der Waals surface area contributed by atoms with Crippen LogP contribution in [0.25, 0.3) is 0 Å². The van der Waals surface area contributed by atoms with Crippen molar-refractivity contribution >= 4 is 15.9 Å². The van der Waals surface area contributed by atoms with E-state index in [9.17, 15) is 13.2 Å². The van der Waals surface area contributed by atoms with Gasteiger partial charge in [-0.2, -0.15) is 13.2 Å². The monoisotopic (exact) mass is 308 g/mol. The Morgan fingerprint density at radius 2 is 1.47 bits per heavy atom. The van der Waals surface area contributed by atoms with E-state index >= 15 is 0 Å². The van der Waals surface area contributed by atoms with Crippen LogP contribution in [0.15, 0.2) is 24.3 Å². The number of rotatable bonds is 3. The molecule has 1 atom stereocenters. The average Bonchev–Trinajstić information content (AvgIpc) is 2.14. The van der Waals surface area contributed by atoms with Crippen molar-refractivity contribution in [2.24, 2.45) is 0 Å². The molecule has 96 valence electrons. The van der Waals surface area contributed by atoms with Crippen molar-refractivity contribution in [3.8, 4) is 0 Å². The highest BCUT2D eigenvalue weighted by Crippen LogP contribution is 2.34. The van der Waals surface area contributed by atoms with Crippen molar-refractivity contribution in [2.75, 3.05) is 0 Å². The molecule has 0 N–H and O–H groups in total. The van der Waals surface area contributed by atoms with Gasteiger partial charge in [-0.15, -0.1) is 0 Å². The lowest BCUT2D eigenvalue weighted by Crippen LogP contribution is -2.21. The Bertz CT molecular complexity index is 363. The molecule has 0 fully saturated rings. The van der Waals surface area contributed by atoms with E-state index in [1.807, 2.05) is 20.8 Å². The van der Waals surface area contributed by atoms with Gasteiger partial charge in [-0.3, -0.25) is 0 Å². The van der Waals surface area contributed by atoms with Crippen LogP contribution in [0.2, 0.25) is 0 Å². The summed E-state index contributed by atoms with van der Waals surface area (Å²) < 4.78 is 37.3. The standard InChI is InChI=1S/C13H16BrF3/c1-9(14)8-12(2,3)10-4-6-11(7-5-10)13(15,16)17/h4-7,9H,8H2,1-3H3. The lowest BCUT2D eigenvalue weighted by atomic mass is 9.80. The number of alkyl halides is 4. The van der Waals surface area contributed by atoms with E-state index < -0.39 is 11.7 Å². The van der Waals surface area contributed by atoms with Gasteiger partial charge in [-0.05, 0) is 29.5 Å². The van der Waals surface area contributed by atoms with Gasteiger partial charge in [0.2, 0.25) is 0 Å². The summed E-state index contributed by atoms with van der Waals surface area (Å²) in [4.78, 5) is 0.333. The zero-order valence-corrected chi connectivity index (χ0v) is 11.7. The van der Waals surface area contributed by atoms with Gasteiger partial charge in [0.25, 0.3) is 0 Å². The molecule has 0 aromatic heterocycles. The minimum Gasteiger partial charge on any atom is -0.166 e. The molecule has 0 aliphatic heterocycles. The summed E-state index contributed by atoms with van der Waals surface area (Å²) in [5, 5.41) is 0. The van der Waals surface area contributed by atoms with Crippen molar-refractivity contribution in [3.63, 3.8) is 0 Å². The number of hydrogen-bond donors (Lipinski definition) is 0. The smallest absolute Gasteiger partial charge is 0.166 e. The second kappa shape index (κ2) is 5.01. The van der Waals surface area contributed by atoms with E-state index in [-0.39, 0.29) is 5.41 Å². The Balaban J connectivity index is 2.94. The Morgan fingerprint density at radius 1 is 1.06 bits per heavy atom. The zero-order valence-electron chi connectivity index (χ0n) is 10.1. The molecule has 0 saturated carbocycles. The third-order valence-electron chi connectivity index (χ3n) is 2.79.